The number of nitrogens with zero attached hydrogens (tertiary/aromatic N) is 1. The topological polar surface area (TPSA) is 58.6 Å². The van der Waals surface area contributed by atoms with Crippen molar-refractivity contribution >= 4 is 23.2 Å². The molecule has 1 N–H and O–H groups in total. The third-order valence-electron chi connectivity index (χ3n) is 5.58. The average molecular weight is 447 g/mol. The third kappa shape index (κ3) is 6.61. The fraction of sp³-hybridized carbons (Fsp3) is 0.500. The summed E-state index contributed by atoms with van der Waals surface area (Å²) in [6, 6.07) is 8.75. The molecular weight excluding hydrogens is 415 g/mol. The van der Waals surface area contributed by atoms with Crippen molar-refractivity contribution in [1.82, 2.24) is 10.2 Å². The summed E-state index contributed by atoms with van der Waals surface area (Å²) in [5.41, 5.74) is 0.607. The number of benzene rings is 1. The Kier molecular flexibility index (Phi) is 9.03. The second kappa shape index (κ2) is 12.0. The van der Waals surface area contributed by atoms with E-state index < -0.39 is 6.04 Å². The van der Waals surface area contributed by atoms with Crippen molar-refractivity contribution in [2.45, 2.75) is 57.5 Å². The van der Waals surface area contributed by atoms with Gasteiger partial charge in [0.15, 0.2) is 0 Å². The van der Waals surface area contributed by atoms with Gasteiger partial charge in [-0.05, 0) is 55.3 Å². The molecule has 0 spiro atoms. The zero-order chi connectivity index (χ0) is 22.1. The van der Waals surface area contributed by atoms with Gasteiger partial charge in [-0.15, -0.1) is 11.3 Å². The van der Waals surface area contributed by atoms with Crippen LogP contribution in [0.25, 0.3) is 0 Å². The number of nitrogens with one attached hydrogen (secondary N) is 1. The van der Waals surface area contributed by atoms with E-state index in [4.69, 9.17) is 4.74 Å². The van der Waals surface area contributed by atoms with Gasteiger partial charge in [-0.2, -0.15) is 0 Å². The van der Waals surface area contributed by atoms with Gasteiger partial charge in [-0.3, -0.25) is 9.59 Å². The lowest BCUT2D eigenvalue weighted by Gasteiger charge is -2.33. The Labute approximate surface area is 187 Å². The summed E-state index contributed by atoms with van der Waals surface area (Å²) in [7, 11) is 0. The molecule has 31 heavy (non-hydrogen) atoms. The summed E-state index contributed by atoms with van der Waals surface area (Å²) >= 11 is 1.35. The number of thiophene rings is 1. The lowest BCUT2D eigenvalue weighted by atomic mass is 9.94. The Morgan fingerprint density at radius 3 is 2.58 bits per heavy atom. The van der Waals surface area contributed by atoms with Crippen molar-refractivity contribution < 1.29 is 18.7 Å². The standard InChI is InChI=1S/C24H31FN2O3S/c1-2-30-16-7-15-27(24(29)21-10-6-17-31-21)22(18-11-13-19(25)14-12-18)23(28)26-20-8-4-3-5-9-20/h6,10-14,17,20,22H,2-5,7-9,15-16H2,1H3,(H,26,28). The van der Waals surface area contributed by atoms with Crippen LogP contribution in [0.5, 0.6) is 0 Å². The maximum atomic E-state index is 13.6. The van der Waals surface area contributed by atoms with Gasteiger partial charge < -0.3 is 15.0 Å². The van der Waals surface area contributed by atoms with E-state index in [0.717, 1.165) is 25.7 Å². The molecule has 2 amide bonds. The van der Waals surface area contributed by atoms with E-state index in [-0.39, 0.29) is 23.7 Å². The Balaban J connectivity index is 1.89. The fourth-order valence-electron chi connectivity index (χ4n) is 4.02. The molecule has 0 radical (unpaired) electrons. The van der Waals surface area contributed by atoms with Gasteiger partial charge in [-0.1, -0.05) is 37.5 Å². The van der Waals surface area contributed by atoms with E-state index in [9.17, 15) is 14.0 Å². The van der Waals surface area contributed by atoms with Crippen LogP contribution in [0.2, 0.25) is 0 Å². The molecule has 1 atom stereocenters. The number of ether oxygens (including phenoxy) is 1. The monoisotopic (exact) mass is 446 g/mol. The Bertz CT molecular complexity index is 820. The molecule has 0 saturated heterocycles. The van der Waals surface area contributed by atoms with E-state index in [2.05, 4.69) is 5.32 Å². The number of hydrogen-bond acceptors (Lipinski definition) is 4. The first kappa shape index (κ1) is 23.4. The van der Waals surface area contributed by atoms with Gasteiger partial charge in [0.1, 0.15) is 11.9 Å². The van der Waals surface area contributed by atoms with Gasteiger partial charge in [-0.25, -0.2) is 4.39 Å². The molecular formula is C24H31FN2O3S. The van der Waals surface area contributed by atoms with Crippen LogP contribution in [0.1, 0.15) is 66.7 Å². The molecule has 0 bridgehead atoms. The molecule has 1 fully saturated rings. The van der Waals surface area contributed by atoms with Crippen molar-refractivity contribution in [2.75, 3.05) is 19.8 Å². The van der Waals surface area contributed by atoms with Crippen LogP contribution in [0, 0.1) is 5.82 Å². The lowest BCUT2D eigenvalue weighted by molar-refractivity contribution is -0.127. The lowest BCUT2D eigenvalue weighted by Crippen LogP contribution is -2.47. The number of rotatable bonds is 10. The van der Waals surface area contributed by atoms with Crippen molar-refractivity contribution in [2.24, 2.45) is 0 Å². The fourth-order valence-corrected chi connectivity index (χ4v) is 4.69. The molecule has 1 aliphatic rings. The second-order valence-electron chi connectivity index (χ2n) is 7.82. The molecule has 7 heteroatoms. The molecule has 3 rings (SSSR count). The SMILES string of the molecule is CCOCCCN(C(=O)c1cccs1)C(C(=O)NC1CCCCC1)c1ccc(F)cc1. The summed E-state index contributed by atoms with van der Waals surface area (Å²) in [6.07, 6.45) is 5.89. The Morgan fingerprint density at radius 1 is 1.19 bits per heavy atom. The van der Waals surface area contributed by atoms with Crippen LogP contribution in [0.15, 0.2) is 41.8 Å². The summed E-state index contributed by atoms with van der Waals surface area (Å²) in [5, 5.41) is 5.01. The highest BCUT2D eigenvalue weighted by molar-refractivity contribution is 7.12. The zero-order valence-corrected chi connectivity index (χ0v) is 18.8. The average Bonchev–Trinajstić information content (AvgIpc) is 3.32. The molecule has 1 heterocycles. The maximum Gasteiger partial charge on any atom is 0.264 e. The van der Waals surface area contributed by atoms with Gasteiger partial charge in [0.2, 0.25) is 5.91 Å². The minimum atomic E-state index is -0.821. The number of carbonyl (C=O) groups is 2. The Hall–Kier alpha value is -2.25. The van der Waals surface area contributed by atoms with Gasteiger partial charge in [0, 0.05) is 25.8 Å². The van der Waals surface area contributed by atoms with E-state index in [0.29, 0.717) is 36.6 Å². The summed E-state index contributed by atoms with van der Waals surface area (Å²) in [5.74, 6) is -0.776. The first-order valence-corrected chi connectivity index (χ1v) is 12.0. The highest BCUT2D eigenvalue weighted by atomic mass is 32.1. The molecule has 0 aliphatic heterocycles. The predicted octanol–water partition coefficient (Wildman–Crippen LogP) is 4.95. The minimum absolute atomic E-state index is 0.117. The Morgan fingerprint density at radius 2 is 1.94 bits per heavy atom. The van der Waals surface area contributed by atoms with E-state index in [1.807, 2.05) is 18.4 Å². The minimum Gasteiger partial charge on any atom is -0.382 e. The van der Waals surface area contributed by atoms with Crippen LogP contribution in [-0.4, -0.2) is 42.5 Å². The first-order valence-electron chi connectivity index (χ1n) is 11.1. The highest BCUT2D eigenvalue weighted by Gasteiger charge is 2.33. The number of amides is 2. The van der Waals surface area contributed by atoms with E-state index >= 15 is 0 Å². The quantitative estimate of drug-likeness (QED) is 0.526. The number of halogens is 1. The van der Waals surface area contributed by atoms with Crippen LogP contribution in [0.4, 0.5) is 4.39 Å². The van der Waals surface area contributed by atoms with Gasteiger partial charge in [0.25, 0.3) is 5.91 Å². The largest absolute Gasteiger partial charge is 0.382 e. The summed E-state index contributed by atoms with van der Waals surface area (Å²) < 4.78 is 19.1. The van der Waals surface area contributed by atoms with Crippen LogP contribution in [0.3, 0.4) is 0 Å². The second-order valence-corrected chi connectivity index (χ2v) is 8.77. The van der Waals surface area contributed by atoms with Crippen LogP contribution >= 0.6 is 11.3 Å². The van der Waals surface area contributed by atoms with Gasteiger partial charge >= 0.3 is 0 Å². The molecule has 1 aliphatic carbocycles. The molecule has 5 nitrogen and oxygen atoms in total. The molecule has 168 valence electrons. The van der Waals surface area contributed by atoms with Crippen molar-refractivity contribution in [3.63, 3.8) is 0 Å². The normalized spacial score (nSPS) is 15.4. The van der Waals surface area contributed by atoms with Crippen molar-refractivity contribution in [1.29, 1.82) is 0 Å². The molecule has 1 aromatic heterocycles. The predicted molar refractivity (Wildman–Crippen MR) is 121 cm³/mol. The molecule has 2 aromatic rings. The maximum absolute atomic E-state index is 13.6. The molecule has 1 saturated carbocycles. The van der Waals surface area contributed by atoms with Crippen molar-refractivity contribution in [3.8, 4) is 0 Å². The summed E-state index contributed by atoms with van der Waals surface area (Å²) in [4.78, 5) is 29.0. The molecule has 1 aromatic carbocycles. The third-order valence-corrected chi connectivity index (χ3v) is 6.44. The number of carbonyl (C=O) groups excluding carboxylic acids is 2. The smallest absolute Gasteiger partial charge is 0.264 e. The first-order chi connectivity index (χ1) is 15.1. The van der Waals surface area contributed by atoms with Gasteiger partial charge in [0.05, 0.1) is 4.88 Å². The zero-order valence-electron chi connectivity index (χ0n) is 18.0. The van der Waals surface area contributed by atoms with Crippen LogP contribution < -0.4 is 5.32 Å². The molecule has 1 unspecified atom stereocenters. The summed E-state index contributed by atoms with van der Waals surface area (Å²) in [6.45, 7) is 3.40. The van der Waals surface area contributed by atoms with E-state index in [1.165, 1.54) is 29.9 Å². The highest BCUT2D eigenvalue weighted by Crippen LogP contribution is 2.27. The van der Waals surface area contributed by atoms with Crippen molar-refractivity contribution in [3.05, 3.63) is 58.0 Å². The van der Waals surface area contributed by atoms with Crippen LogP contribution in [-0.2, 0) is 9.53 Å². The van der Waals surface area contributed by atoms with E-state index in [1.54, 1.807) is 23.1 Å². The number of hydrogen-bond donors (Lipinski definition) is 1.